The number of halogens is 3. The Bertz CT molecular complexity index is 677. The maximum atomic E-state index is 13.3. The second kappa shape index (κ2) is 5.26. The molecule has 1 unspecified atom stereocenters. The van der Waals surface area contributed by atoms with E-state index in [1.54, 1.807) is 12.1 Å². The highest BCUT2D eigenvalue weighted by Gasteiger charge is 2.23. The van der Waals surface area contributed by atoms with Crippen LogP contribution in [-0.4, -0.2) is 6.54 Å². The summed E-state index contributed by atoms with van der Waals surface area (Å²) >= 11 is 9.23. The van der Waals surface area contributed by atoms with Crippen molar-refractivity contribution < 1.29 is 9.13 Å². The summed E-state index contributed by atoms with van der Waals surface area (Å²) in [6, 6.07) is 8.64. The minimum atomic E-state index is -0.277. The molecule has 0 fully saturated rings. The summed E-state index contributed by atoms with van der Waals surface area (Å²) in [5, 5.41) is 3.99. The lowest BCUT2D eigenvalue weighted by atomic mass is 10.1. The van der Waals surface area contributed by atoms with E-state index in [-0.39, 0.29) is 11.9 Å². The molecule has 5 heteroatoms. The fourth-order valence-electron chi connectivity index (χ4n) is 2.30. The van der Waals surface area contributed by atoms with Crippen LogP contribution in [-0.2, 0) is 0 Å². The fraction of sp³-hybridized carbons (Fsp3) is 0.200. The van der Waals surface area contributed by atoms with Gasteiger partial charge in [0.2, 0.25) is 0 Å². The summed E-state index contributed by atoms with van der Waals surface area (Å²) in [5.74, 6) is 0.520. The van der Waals surface area contributed by atoms with Gasteiger partial charge in [0.1, 0.15) is 17.7 Å². The second-order valence-electron chi connectivity index (χ2n) is 4.76. The molecule has 1 atom stereocenters. The molecule has 0 aliphatic carbocycles. The standard InChI is InChI=1S/C15H12BrClFNO/c1-8-4-10(17)6-13-15(8)20-14(7-19-13)9-2-3-12(18)11(16)5-9/h2-6,14,19H,7H2,1H3. The topological polar surface area (TPSA) is 21.3 Å². The third-order valence-electron chi connectivity index (χ3n) is 3.29. The predicted octanol–water partition coefficient (Wildman–Crippen LogP) is 5.10. The highest BCUT2D eigenvalue weighted by molar-refractivity contribution is 9.10. The molecule has 2 nitrogen and oxygen atoms in total. The quantitative estimate of drug-likeness (QED) is 0.768. The molecule has 1 aliphatic rings. The Balaban J connectivity index is 1.93. The van der Waals surface area contributed by atoms with Crippen molar-refractivity contribution in [1.29, 1.82) is 0 Å². The third kappa shape index (κ3) is 2.50. The van der Waals surface area contributed by atoms with Crippen LogP contribution in [0.3, 0.4) is 0 Å². The van der Waals surface area contributed by atoms with Crippen molar-refractivity contribution in [3.05, 3.63) is 56.8 Å². The van der Waals surface area contributed by atoms with Gasteiger partial charge in [-0.25, -0.2) is 4.39 Å². The van der Waals surface area contributed by atoms with Gasteiger partial charge in [0.05, 0.1) is 16.7 Å². The SMILES string of the molecule is Cc1cc(Cl)cc2c1OC(c1ccc(F)c(Br)c1)CN2. The van der Waals surface area contributed by atoms with Gasteiger partial charge < -0.3 is 10.1 Å². The largest absolute Gasteiger partial charge is 0.481 e. The number of nitrogens with one attached hydrogen (secondary N) is 1. The number of rotatable bonds is 1. The molecular weight excluding hydrogens is 345 g/mol. The van der Waals surface area contributed by atoms with E-state index in [2.05, 4.69) is 21.2 Å². The highest BCUT2D eigenvalue weighted by Crippen LogP contribution is 2.39. The van der Waals surface area contributed by atoms with Crippen LogP contribution in [0.4, 0.5) is 10.1 Å². The third-order valence-corrected chi connectivity index (χ3v) is 4.12. The fourth-order valence-corrected chi connectivity index (χ4v) is 2.97. The van der Waals surface area contributed by atoms with Gasteiger partial charge >= 0.3 is 0 Å². The summed E-state index contributed by atoms with van der Waals surface area (Å²) in [7, 11) is 0. The Morgan fingerprint density at radius 1 is 1.35 bits per heavy atom. The van der Waals surface area contributed by atoms with Crippen LogP contribution in [0.2, 0.25) is 5.02 Å². The number of ether oxygens (including phenoxy) is 1. The zero-order chi connectivity index (χ0) is 14.3. The maximum absolute atomic E-state index is 13.3. The zero-order valence-electron chi connectivity index (χ0n) is 10.7. The molecule has 0 saturated carbocycles. The van der Waals surface area contributed by atoms with Crippen LogP contribution in [0.1, 0.15) is 17.2 Å². The van der Waals surface area contributed by atoms with Crippen molar-refractivity contribution in [1.82, 2.24) is 0 Å². The molecule has 1 N–H and O–H groups in total. The molecule has 0 spiro atoms. The van der Waals surface area contributed by atoms with E-state index >= 15 is 0 Å². The van der Waals surface area contributed by atoms with Crippen LogP contribution in [0.25, 0.3) is 0 Å². The molecule has 20 heavy (non-hydrogen) atoms. The highest BCUT2D eigenvalue weighted by atomic mass is 79.9. The van der Waals surface area contributed by atoms with E-state index in [0.29, 0.717) is 16.0 Å². The Morgan fingerprint density at radius 3 is 2.90 bits per heavy atom. The average Bonchev–Trinajstić information content (AvgIpc) is 2.41. The molecule has 1 aliphatic heterocycles. The lowest BCUT2D eigenvalue weighted by molar-refractivity contribution is 0.209. The van der Waals surface area contributed by atoms with Gasteiger partial charge in [0.25, 0.3) is 0 Å². The van der Waals surface area contributed by atoms with E-state index in [1.807, 2.05) is 19.1 Å². The van der Waals surface area contributed by atoms with Crippen molar-refractivity contribution >= 4 is 33.2 Å². The first-order valence-electron chi connectivity index (χ1n) is 6.20. The van der Waals surface area contributed by atoms with Crippen LogP contribution in [0.15, 0.2) is 34.8 Å². The molecule has 0 amide bonds. The van der Waals surface area contributed by atoms with Crippen molar-refractivity contribution in [2.45, 2.75) is 13.0 Å². The van der Waals surface area contributed by atoms with Crippen LogP contribution >= 0.6 is 27.5 Å². The van der Waals surface area contributed by atoms with E-state index < -0.39 is 0 Å². The van der Waals surface area contributed by atoms with Crippen molar-refractivity contribution in [2.75, 3.05) is 11.9 Å². The normalized spacial score (nSPS) is 17.1. The predicted molar refractivity (Wildman–Crippen MR) is 82.1 cm³/mol. The van der Waals surface area contributed by atoms with Gasteiger partial charge in [-0.15, -0.1) is 0 Å². The van der Waals surface area contributed by atoms with Gasteiger partial charge in [0.15, 0.2) is 0 Å². The van der Waals surface area contributed by atoms with Gasteiger partial charge in [-0.3, -0.25) is 0 Å². The number of hydrogen-bond acceptors (Lipinski definition) is 2. The minimum absolute atomic E-state index is 0.153. The van der Waals surface area contributed by atoms with Crippen molar-refractivity contribution in [3.8, 4) is 5.75 Å². The summed E-state index contributed by atoms with van der Waals surface area (Å²) < 4.78 is 19.8. The summed E-state index contributed by atoms with van der Waals surface area (Å²) in [6.45, 7) is 2.57. The maximum Gasteiger partial charge on any atom is 0.146 e. The Morgan fingerprint density at radius 2 is 2.15 bits per heavy atom. The molecular formula is C15H12BrClFNO. The van der Waals surface area contributed by atoms with E-state index in [4.69, 9.17) is 16.3 Å². The Kier molecular flexibility index (Phi) is 3.61. The average molecular weight is 357 g/mol. The number of fused-ring (bicyclic) bond motifs is 1. The Labute approximate surface area is 130 Å². The van der Waals surface area contributed by atoms with Crippen molar-refractivity contribution in [2.24, 2.45) is 0 Å². The van der Waals surface area contributed by atoms with Gasteiger partial charge in [-0.2, -0.15) is 0 Å². The summed E-state index contributed by atoms with van der Waals surface area (Å²) in [6.07, 6.45) is -0.153. The lowest BCUT2D eigenvalue weighted by Crippen LogP contribution is -2.24. The molecule has 104 valence electrons. The van der Waals surface area contributed by atoms with E-state index in [1.165, 1.54) is 6.07 Å². The molecule has 0 aromatic heterocycles. The smallest absolute Gasteiger partial charge is 0.146 e. The molecule has 0 radical (unpaired) electrons. The number of anilines is 1. The molecule has 2 aromatic rings. The first-order valence-corrected chi connectivity index (χ1v) is 7.37. The van der Waals surface area contributed by atoms with Crippen molar-refractivity contribution in [3.63, 3.8) is 0 Å². The molecule has 0 bridgehead atoms. The van der Waals surface area contributed by atoms with Gasteiger partial charge in [-0.1, -0.05) is 17.7 Å². The molecule has 0 saturated heterocycles. The second-order valence-corrected chi connectivity index (χ2v) is 6.05. The molecule has 3 rings (SSSR count). The van der Waals surface area contributed by atoms with E-state index in [9.17, 15) is 4.39 Å². The summed E-state index contributed by atoms with van der Waals surface area (Å²) in [5.41, 5.74) is 2.80. The Hall–Kier alpha value is -1.26. The van der Waals surface area contributed by atoms with Crippen LogP contribution in [0, 0.1) is 12.7 Å². The van der Waals surface area contributed by atoms with Gasteiger partial charge in [0, 0.05) is 5.02 Å². The van der Waals surface area contributed by atoms with Crippen LogP contribution in [0.5, 0.6) is 5.75 Å². The summed E-state index contributed by atoms with van der Waals surface area (Å²) in [4.78, 5) is 0. The first-order chi connectivity index (χ1) is 9.54. The first kappa shape index (κ1) is 13.7. The minimum Gasteiger partial charge on any atom is -0.481 e. The number of aryl methyl sites for hydroxylation is 1. The molecule has 1 heterocycles. The number of hydrogen-bond donors (Lipinski definition) is 1. The number of benzene rings is 2. The lowest BCUT2D eigenvalue weighted by Gasteiger charge is -2.29. The zero-order valence-corrected chi connectivity index (χ0v) is 13.1. The molecule has 2 aromatic carbocycles. The van der Waals surface area contributed by atoms with E-state index in [0.717, 1.165) is 22.6 Å². The van der Waals surface area contributed by atoms with Gasteiger partial charge in [-0.05, 0) is 58.2 Å². The van der Waals surface area contributed by atoms with Crippen LogP contribution < -0.4 is 10.1 Å². The monoisotopic (exact) mass is 355 g/mol.